The van der Waals surface area contributed by atoms with Crippen LogP contribution in [0.3, 0.4) is 0 Å². The van der Waals surface area contributed by atoms with Gasteiger partial charge in [-0.2, -0.15) is 9.90 Å². The topological polar surface area (TPSA) is 87.4 Å². The number of rotatable bonds is 3. The van der Waals surface area contributed by atoms with Crippen molar-refractivity contribution in [2.24, 2.45) is 12.8 Å². The SMILES string of the molecule is CC(N)c1cnn(Cc2nnn(C)n2)c1. The van der Waals surface area contributed by atoms with Crippen molar-refractivity contribution < 1.29 is 0 Å². The molecule has 0 aliphatic heterocycles. The zero-order chi connectivity index (χ0) is 10.8. The van der Waals surface area contributed by atoms with E-state index in [-0.39, 0.29) is 6.04 Å². The predicted octanol–water partition coefficient (Wildman–Crippen LogP) is -0.525. The van der Waals surface area contributed by atoms with E-state index in [1.165, 1.54) is 4.80 Å². The second kappa shape index (κ2) is 3.77. The van der Waals surface area contributed by atoms with Gasteiger partial charge in [-0.05, 0) is 12.1 Å². The Balaban J connectivity index is 2.11. The van der Waals surface area contributed by atoms with Gasteiger partial charge in [0.25, 0.3) is 0 Å². The van der Waals surface area contributed by atoms with Gasteiger partial charge in [-0.15, -0.1) is 10.2 Å². The predicted molar refractivity (Wildman–Crippen MR) is 52.7 cm³/mol. The fraction of sp³-hybridized carbons (Fsp3) is 0.500. The third-order valence-electron chi connectivity index (χ3n) is 2.03. The maximum Gasteiger partial charge on any atom is 0.196 e. The van der Waals surface area contributed by atoms with E-state index in [2.05, 4.69) is 20.5 Å². The van der Waals surface area contributed by atoms with E-state index < -0.39 is 0 Å². The quantitative estimate of drug-likeness (QED) is 0.731. The summed E-state index contributed by atoms with van der Waals surface area (Å²) in [6.07, 6.45) is 3.64. The lowest BCUT2D eigenvalue weighted by atomic mass is 10.2. The largest absolute Gasteiger partial charge is 0.324 e. The molecule has 0 radical (unpaired) electrons. The molecule has 0 aliphatic rings. The molecule has 15 heavy (non-hydrogen) atoms. The zero-order valence-electron chi connectivity index (χ0n) is 8.70. The summed E-state index contributed by atoms with van der Waals surface area (Å²) >= 11 is 0. The van der Waals surface area contributed by atoms with Crippen molar-refractivity contribution in [3.63, 3.8) is 0 Å². The fourth-order valence-corrected chi connectivity index (χ4v) is 1.23. The van der Waals surface area contributed by atoms with E-state index in [4.69, 9.17) is 5.73 Å². The van der Waals surface area contributed by atoms with Crippen molar-refractivity contribution in [2.45, 2.75) is 19.5 Å². The number of hydrogen-bond donors (Lipinski definition) is 1. The average Bonchev–Trinajstić information content (AvgIpc) is 2.76. The lowest BCUT2D eigenvalue weighted by molar-refractivity contribution is 0.617. The van der Waals surface area contributed by atoms with Crippen LogP contribution >= 0.6 is 0 Å². The Labute approximate surface area is 86.9 Å². The molecule has 2 aromatic heterocycles. The summed E-state index contributed by atoms with van der Waals surface area (Å²) in [6, 6.07) is -0.00596. The highest BCUT2D eigenvalue weighted by molar-refractivity contribution is 5.08. The number of aromatic nitrogens is 6. The van der Waals surface area contributed by atoms with Gasteiger partial charge in [0.05, 0.1) is 13.2 Å². The maximum absolute atomic E-state index is 5.72. The molecule has 1 unspecified atom stereocenters. The molecule has 2 aromatic rings. The number of nitrogens with two attached hydrogens (primary N) is 1. The van der Waals surface area contributed by atoms with Gasteiger partial charge < -0.3 is 5.73 Å². The summed E-state index contributed by atoms with van der Waals surface area (Å²) in [5, 5.41) is 15.8. The lowest BCUT2D eigenvalue weighted by Crippen LogP contribution is -2.05. The van der Waals surface area contributed by atoms with Crippen LogP contribution in [0.5, 0.6) is 0 Å². The molecule has 7 nitrogen and oxygen atoms in total. The zero-order valence-corrected chi connectivity index (χ0v) is 8.70. The first-order chi connectivity index (χ1) is 7.15. The van der Waals surface area contributed by atoms with Crippen LogP contribution in [0, 0.1) is 0 Å². The van der Waals surface area contributed by atoms with E-state index in [1.54, 1.807) is 17.9 Å². The monoisotopic (exact) mass is 207 g/mol. The molecule has 7 heteroatoms. The van der Waals surface area contributed by atoms with Crippen LogP contribution in [0.15, 0.2) is 12.4 Å². The van der Waals surface area contributed by atoms with Crippen LogP contribution in [0.1, 0.15) is 24.4 Å². The summed E-state index contributed by atoms with van der Waals surface area (Å²) in [5.74, 6) is 0.636. The van der Waals surface area contributed by atoms with Crippen molar-refractivity contribution in [3.8, 4) is 0 Å². The first kappa shape index (κ1) is 9.78. The molecule has 0 spiro atoms. The van der Waals surface area contributed by atoms with Crippen molar-refractivity contribution >= 4 is 0 Å². The minimum absolute atomic E-state index is 0.00596. The number of hydrogen-bond acceptors (Lipinski definition) is 5. The molecule has 0 saturated heterocycles. The Kier molecular flexibility index (Phi) is 2.46. The highest BCUT2D eigenvalue weighted by Crippen LogP contribution is 2.07. The van der Waals surface area contributed by atoms with Gasteiger partial charge in [0, 0.05) is 17.8 Å². The minimum Gasteiger partial charge on any atom is -0.324 e. The normalized spacial score (nSPS) is 13.0. The van der Waals surface area contributed by atoms with E-state index >= 15 is 0 Å². The molecule has 2 N–H and O–H groups in total. The van der Waals surface area contributed by atoms with Crippen molar-refractivity contribution in [3.05, 3.63) is 23.8 Å². The van der Waals surface area contributed by atoms with E-state index in [0.717, 1.165) is 5.56 Å². The van der Waals surface area contributed by atoms with Gasteiger partial charge in [-0.25, -0.2) is 0 Å². The third kappa shape index (κ3) is 2.18. The molecule has 80 valence electrons. The molecular formula is C8H13N7. The summed E-state index contributed by atoms with van der Waals surface area (Å²) in [6.45, 7) is 2.43. The molecular weight excluding hydrogens is 194 g/mol. The number of aryl methyl sites for hydroxylation is 1. The minimum atomic E-state index is -0.00596. The maximum atomic E-state index is 5.72. The average molecular weight is 207 g/mol. The molecule has 1 atom stereocenters. The van der Waals surface area contributed by atoms with Gasteiger partial charge in [-0.1, -0.05) is 0 Å². The third-order valence-corrected chi connectivity index (χ3v) is 2.03. The van der Waals surface area contributed by atoms with E-state index in [1.807, 2.05) is 13.1 Å². The van der Waals surface area contributed by atoms with Crippen LogP contribution in [0.4, 0.5) is 0 Å². The Morgan fingerprint density at radius 3 is 2.87 bits per heavy atom. The highest BCUT2D eigenvalue weighted by Gasteiger charge is 2.05. The molecule has 0 bridgehead atoms. The number of tetrazole rings is 1. The molecule has 0 aliphatic carbocycles. The van der Waals surface area contributed by atoms with Gasteiger partial charge >= 0.3 is 0 Å². The number of nitrogens with zero attached hydrogens (tertiary/aromatic N) is 6. The first-order valence-corrected chi connectivity index (χ1v) is 4.66. The summed E-state index contributed by atoms with van der Waals surface area (Å²) < 4.78 is 1.75. The van der Waals surface area contributed by atoms with Gasteiger partial charge in [0.15, 0.2) is 5.82 Å². The van der Waals surface area contributed by atoms with E-state index in [9.17, 15) is 0 Å². The molecule has 2 rings (SSSR count). The van der Waals surface area contributed by atoms with Crippen LogP contribution in [-0.2, 0) is 13.6 Å². The van der Waals surface area contributed by atoms with E-state index in [0.29, 0.717) is 12.4 Å². The summed E-state index contributed by atoms with van der Waals surface area (Å²) in [7, 11) is 1.73. The smallest absolute Gasteiger partial charge is 0.196 e. The Bertz CT molecular complexity index is 441. The summed E-state index contributed by atoms with van der Waals surface area (Å²) in [5.41, 5.74) is 6.72. The van der Waals surface area contributed by atoms with Crippen LogP contribution in [0.25, 0.3) is 0 Å². The molecule has 0 amide bonds. The Morgan fingerprint density at radius 1 is 1.53 bits per heavy atom. The van der Waals surface area contributed by atoms with Crippen molar-refractivity contribution in [2.75, 3.05) is 0 Å². The van der Waals surface area contributed by atoms with Gasteiger partial charge in [-0.3, -0.25) is 4.68 Å². The second-order valence-corrected chi connectivity index (χ2v) is 3.46. The van der Waals surface area contributed by atoms with Crippen molar-refractivity contribution in [1.29, 1.82) is 0 Å². The lowest BCUT2D eigenvalue weighted by Gasteiger charge is -1.98. The first-order valence-electron chi connectivity index (χ1n) is 4.66. The van der Waals surface area contributed by atoms with Crippen molar-refractivity contribution in [1.82, 2.24) is 30.0 Å². The van der Waals surface area contributed by atoms with Gasteiger partial charge in [0.2, 0.25) is 0 Å². The second-order valence-electron chi connectivity index (χ2n) is 3.46. The van der Waals surface area contributed by atoms with Crippen LogP contribution < -0.4 is 5.73 Å². The van der Waals surface area contributed by atoms with Crippen LogP contribution in [0.2, 0.25) is 0 Å². The standard InChI is InChI=1S/C8H13N7/c1-6(9)7-3-10-15(4-7)5-8-11-13-14(2)12-8/h3-4,6H,5,9H2,1-2H3. The molecule has 0 saturated carbocycles. The molecule has 0 fully saturated rings. The van der Waals surface area contributed by atoms with Crippen LogP contribution in [-0.4, -0.2) is 30.0 Å². The summed E-state index contributed by atoms with van der Waals surface area (Å²) in [4.78, 5) is 1.42. The Hall–Kier alpha value is -1.76. The highest BCUT2D eigenvalue weighted by atomic mass is 15.6. The molecule has 2 heterocycles. The van der Waals surface area contributed by atoms with Gasteiger partial charge in [0.1, 0.15) is 6.54 Å². The molecule has 0 aromatic carbocycles. The fourth-order valence-electron chi connectivity index (χ4n) is 1.23. The Morgan fingerprint density at radius 2 is 2.33 bits per heavy atom.